The fourth-order valence-electron chi connectivity index (χ4n) is 3.30. The molecule has 2 heterocycles. The Morgan fingerprint density at radius 3 is 2.63 bits per heavy atom. The van der Waals surface area contributed by atoms with Gasteiger partial charge in [0.15, 0.2) is 0 Å². The average molecular weight is 423 g/mol. The molecule has 0 aliphatic heterocycles. The van der Waals surface area contributed by atoms with Crippen molar-refractivity contribution in [1.82, 2.24) is 14.7 Å². The van der Waals surface area contributed by atoms with Crippen molar-refractivity contribution in [2.75, 3.05) is 11.9 Å². The number of rotatable bonds is 4. The molecule has 0 saturated heterocycles. The Bertz CT molecular complexity index is 1290. The Morgan fingerprint density at radius 2 is 1.93 bits per heavy atom. The number of carbonyl (C=O) groups excluding carboxylic acids is 1. The number of aryl methyl sites for hydroxylation is 1. The van der Waals surface area contributed by atoms with Crippen molar-refractivity contribution in [3.63, 3.8) is 0 Å². The standard InChI is InChI=1S/C22H19ClN4O3/c1-13-5-4-6-17(11-13)26(3)21(28)14(2)27-12-24-20-18(22(27)29)19(25-30-20)15-7-9-16(23)10-8-15/h4-12,14H,1-3H3. The zero-order valence-electron chi connectivity index (χ0n) is 16.7. The quantitative estimate of drug-likeness (QED) is 0.491. The Balaban J connectivity index is 1.74. The van der Waals surface area contributed by atoms with Gasteiger partial charge in [-0.25, -0.2) is 4.98 Å². The van der Waals surface area contributed by atoms with Gasteiger partial charge in [0.25, 0.3) is 11.3 Å². The summed E-state index contributed by atoms with van der Waals surface area (Å²) in [5, 5.41) is 4.79. The van der Waals surface area contributed by atoms with E-state index in [2.05, 4.69) is 10.1 Å². The van der Waals surface area contributed by atoms with E-state index in [9.17, 15) is 9.59 Å². The molecule has 2 aromatic heterocycles. The molecule has 0 radical (unpaired) electrons. The molecule has 0 aliphatic rings. The normalized spacial score (nSPS) is 12.1. The monoisotopic (exact) mass is 422 g/mol. The summed E-state index contributed by atoms with van der Waals surface area (Å²) in [5.74, 6) is -0.242. The predicted octanol–water partition coefficient (Wildman–Crippen LogP) is 4.24. The van der Waals surface area contributed by atoms with Gasteiger partial charge in [-0.05, 0) is 43.7 Å². The minimum absolute atomic E-state index is 0.118. The minimum atomic E-state index is -0.770. The number of carbonyl (C=O) groups is 1. The SMILES string of the molecule is Cc1cccc(N(C)C(=O)C(C)n2cnc3onc(-c4ccc(Cl)cc4)c3c2=O)c1. The lowest BCUT2D eigenvalue weighted by atomic mass is 10.1. The molecule has 1 amide bonds. The van der Waals surface area contributed by atoms with Crippen molar-refractivity contribution in [3.8, 4) is 11.3 Å². The summed E-state index contributed by atoms with van der Waals surface area (Å²) >= 11 is 5.95. The molecule has 0 N–H and O–H groups in total. The van der Waals surface area contributed by atoms with Gasteiger partial charge < -0.3 is 9.42 Å². The fourth-order valence-corrected chi connectivity index (χ4v) is 3.43. The van der Waals surface area contributed by atoms with Crippen molar-refractivity contribution < 1.29 is 9.32 Å². The number of hydrogen-bond acceptors (Lipinski definition) is 5. The minimum Gasteiger partial charge on any atom is -0.335 e. The second-order valence-electron chi connectivity index (χ2n) is 7.09. The molecule has 0 bridgehead atoms. The summed E-state index contributed by atoms with van der Waals surface area (Å²) in [6.07, 6.45) is 1.31. The van der Waals surface area contributed by atoms with E-state index < -0.39 is 11.6 Å². The number of anilines is 1. The van der Waals surface area contributed by atoms with Crippen molar-refractivity contribution in [2.45, 2.75) is 19.9 Å². The lowest BCUT2D eigenvalue weighted by Gasteiger charge is -2.23. The van der Waals surface area contributed by atoms with Gasteiger partial charge in [-0.1, -0.05) is 41.0 Å². The Kier molecular flexibility index (Phi) is 5.13. The largest absolute Gasteiger partial charge is 0.335 e. The average Bonchev–Trinajstić information content (AvgIpc) is 3.18. The van der Waals surface area contributed by atoms with Crippen LogP contribution in [0.1, 0.15) is 18.5 Å². The van der Waals surface area contributed by atoms with E-state index in [0.29, 0.717) is 16.3 Å². The molecule has 152 valence electrons. The molecule has 4 aromatic rings. The molecule has 30 heavy (non-hydrogen) atoms. The van der Waals surface area contributed by atoms with Gasteiger partial charge in [-0.15, -0.1) is 0 Å². The van der Waals surface area contributed by atoms with Gasteiger partial charge in [0, 0.05) is 23.3 Å². The maximum Gasteiger partial charge on any atom is 0.267 e. The van der Waals surface area contributed by atoms with Gasteiger partial charge in [-0.2, -0.15) is 0 Å². The Labute approximate surface area is 177 Å². The van der Waals surface area contributed by atoms with Crippen molar-refractivity contribution in [2.24, 2.45) is 0 Å². The van der Waals surface area contributed by atoms with Crippen LogP contribution in [0.15, 0.2) is 64.2 Å². The number of nitrogens with zero attached hydrogens (tertiary/aromatic N) is 4. The van der Waals surface area contributed by atoms with Gasteiger partial charge >= 0.3 is 0 Å². The zero-order valence-corrected chi connectivity index (χ0v) is 17.4. The van der Waals surface area contributed by atoms with E-state index in [1.807, 2.05) is 31.2 Å². The van der Waals surface area contributed by atoms with Crippen molar-refractivity contribution >= 4 is 34.3 Å². The first-order valence-electron chi connectivity index (χ1n) is 9.33. The molecular formula is C22H19ClN4O3. The highest BCUT2D eigenvalue weighted by Gasteiger charge is 2.24. The van der Waals surface area contributed by atoms with Crippen LogP contribution in [-0.4, -0.2) is 27.7 Å². The third kappa shape index (κ3) is 3.48. The summed E-state index contributed by atoms with van der Waals surface area (Å²) < 4.78 is 6.54. The van der Waals surface area contributed by atoms with E-state index in [-0.39, 0.29) is 17.0 Å². The Morgan fingerprint density at radius 1 is 1.20 bits per heavy atom. The van der Waals surface area contributed by atoms with Crippen LogP contribution in [0.4, 0.5) is 5.69 Å². The van der Waals surface area contributed by atoms with Gasteiger partial charge in [0.05, 0.1) is 0 Å². The summed E-state index contributed by atoms with van der Waals surface area (Å²) in [6, 6.07) is 13.7. The molecular weight excluding hydrogens is 404 g/mol. The molecule has 8 heteroatoms. The highest BCUT2D eigenvalue weighted by atomic mass is 35.5. The molecule has 4 rings (SSSR count). The topological polar surface area (TPSA) is 81.2 Å². The van der Waals surface area contributed by atoms with E-state index in [4.69, 9.17) is 16.1 Å². The maximum atomic E-state index is 13.2. The smallest absolute Gasteiger partial charge is 0.267 e. The number of amides is 1. The summed E-state index contributed by atoms with van der Waals surface area (Å²) in [6.45, 7) is 3.62. The van der Waals surface area contributed by atoms with Gasteiger partial charge in [0.1, 0.15) is 23.4 Å². The predicted molar refractivity (Wildman–Crippen MR) is 116 cm³/mol. The summed E-state index contributed by atoms with van der Waals surface area (Å²) in [4.78, 5) is 32.0. The molecule has 7 nitrogen and oxygen atoms in total. The molecule has 0 aliphatic carbocycles. The van der Waals surface area contributed by atoms with Crippen molar-refractivity contribution in [1.29, 1.82) is 0 Å². The first kappa shape index (κ1) is 19.8. The highest BCUT2D eigenvalue weighted by Crippen LogP contribution is 2.26. The first-order valence-corrected chi connectivity index (χ1v) is 9.71. The van der Waals surface area contributed by atoms with E-state index in [1.165, 1.54) is 15.8 Å². The van der Waals surface area contributed by atoms with Crippen LogP contribution in [0, 0.1) is 6.92 Å². The molecule has 2 aromatic carbocycles. The molecule has 0 fully saturated rings. The van der Waals surface area contributed by atoms with Crippen molar-refractivity contribution in [3.05, 3.63) is 75.8 Å². The first-order chi connectivity index (χ1) is 14.4. The number of likely N-dealkylation sites (N-methyl/N-ethyl adjacent to an activating group) is 1. The second-order valence-corrected chi connectivity index (χ2v) is 7.52. The fraction of sp³-hybridized carbons (Fsp3) is 0.182. The van der Waals surface area contributed by atoms with Gasteiger partial charge in [-0.3, -0.25) is 14.2 Å². The van der Waals surface area contributed by atoms with E-state index >= 15 is 0 Å². The van der Waals surface area contributed by atoms with Crippen LogP contribution in [-0.2, 0) is 4.79 Å². The Hall–Kier alpha value is -3.45. The summed E-state index contributed by atoms with van der Waals surface area (Å²) in [5.41, 5.74) is 2.54. The van der Waals surface area contributed by atoms with Crippen LogP contribution < -0.4 is 10.5 Å². The lowest BCUT2D eigenvalue weighted by molar-refractivity contribution is -0.121. The molecule has 0 spiro atoms. The van der Waals surface area contributed by atoms with E-state index in [0.717, 1.165) is 11.3 Å². The number of fused-ring (bicyclic) bond motifs is 1. The van der Waals surface area contributed by atoms with Gasteiger partial charge in [0.2, 0.25) is 5.91 Å². The maximum absolute atomic E-state index is 13.2. The molecule has 1 unspecified atom stereocenters. The van der Waals surface area contributed by atoms with Crippen LogP contribution in [0.25, 0.3) is 22.4 Å². The number of aromatic nitrogens is 3. The van der Waals surface area contributed by atoms with E-state index in [1.54, 1.807) is 38.2 Å². The second kappa shape index (κ2) is 7.76. The summed E-state index contributed by atoms with van der Waals surface area (Å²) in [7, 11) is 1.68. The molecule has 1 atom stereocenters. The van der Waals surface area contributed by atoms with Crippen LogP contribution in [0.5, 0.6) is 0 Å². The van der Waals surface area contributed by atoms with Crippen LogP contribution in [0.2, 0.25) is 5.02 Å². The lowest BCUT2D eigenvalue weighted by Crippen LogP contribution is -2.37. The highest BCUT2D eigenvalue weighted by molar-refractivity contribution is 6.30. The van der Waals surface area contributed by atoms with Crippen LogP contribution in [0.3, 0.4) is 0 Å². The zero-order chi connectivity index (χ0) is 21.4. The number of halogens is 1. The third-order valence-corrected chi connectivity index (χ3v) is 5.29. The van der Waals surface area contributed by atoms with Crippen LogP contribution >= 0.6 is 11.6 Å². The molecule has 0 saturated carbocycles. The third-order valence-electron chi connectivity index (χ3n) is 5.03. The number of hydrogen-bond donors (Lipinski definition) is 0. The number of benzene rings is 2.